The number of rotatable bonds is 3. The van der Waals surface area contributed by atoms with E-state index in [9.17, 15) is 0 Å². The molecule has 3 heteroatoms. The van der Waals surface area contributed by atoms with Gasteiger partial charge >= 0.3 is 0 Å². The van der Waals surface area contributed by atoms with Crippen LogP contribution in [-0.2, 0) is 6.42 Å². The maximum absolute atomic E-state index is 5.92. The Morgan fingerprint density at radius 2 is 2.15 bits per heavy atom. The number of methoxy groups -OCH3 is 1. The Morgan fingerprint density at radius 3 is 2.69 bits per heavy atom. The third kappa shape index (κ3) is 2.36. The molecule has 0 unspecified atom stereocenters. The first-order chi connectivity index (χ1) is 6.19. The highest BCUT2D eigenvalue weighted by Gasteiger charge is 2.05. The van der Waals surface area contributed by atoms with E-state index in [4.69, 9.17) is 22.1 Å². The summed E-state index contributed by atoms with van der Waals surface area (Å²) in [6, 6.07) is 3.75. The summed E-state index contributed by atoms with van der Waals surface area (Å²) in [5, 5.41) is 0.700. The van der Waals surface area contributed by atoms with Gasteiger partial charge in [-0.05, 0) is 43.1 Å². The fourth-order valence-corrected chi connectivity index (χ4v) is 1.57. The quantitative estimate of drug-likeness (QED) is 0.810. The Balaban J connectivity index is 3.11. The average Bonchev–Trinajstić information content (AvgIpc) is 2.11. The Kier molecular flexibility index (Phi) is 3.58. The van der Waals surface area contributed by atoms with Crippen molar-refractivity contribution in [1.29, 1.82) is 0 Å². The molecule has 72 valence electrons. The van der Waals surface area contributed by atoms with Crippen LogP contribution in [0.5, 0.6) is 5.75 Å². The van der Waals surface area contributed by atoms with Gasteiger partial charge in [0.2, 0.25) is 0 Å². The summed E-state index contributed by atoms with van der Waals surface area (Å²) in [5.74, 6) is 0.830. The fourth-order valence-electron chi connectivity index (χ4n) is 1.34. The van der Waals surface area contributed by atoms with Gasteiger partial charge in [-0.15, -0.1) is 0 Å². The summed E-state index contributed by atoms with van der Waals surface area (Å²) in [6.45, 7) is 2.64. The second-order valence-electron chi connectivity index (χ2n) is 2.93. The maximum atomic E-state index is 5.92. The molecular formula is C10H14ClNO. The Labute approximate surface area is 83.6 Å². The zero-order valence-corrected chi connectivity index (χ0v) is 8.69. The predicted octanol–water partition coefficient (Wildman–Crippen LogP) is 2.16. The topological polar surface area (TPSA) is 35.2 Å². The molecule has 13 heavy (non-hydrogen) atoms. The van der Waals surface area contributed by atoms with Crippen molar-refractivity contribution in [2.24, 2.45) is 5.73 Å². The molecule has 1 aromatic carbocycles. The minimum Gasteiger partial charge on any atom is -0.496 e. The van der Waals surface area contributed by atoms with E-state index < -0.39 is 0 Å². The fraction of sp³-hybridized carbons (Fsp3) is 0.400. The van der Waals surface area contributed by atoms with Gasteiger partial charge in [0.05, 0.1) is 7.11 Å². The first kappa shape index (κ1) is 10.4. The highest BCUT2D eigenvalue weighted by molar-refractivity contribution is 6.30. The lowest BCUT2D eigenvalue weighted by atomic mass is 10.1. The first-order valence-electron chi connectivity index (χ1n) is 4.22. The van der Waals surface area contributed by atoms with Crippen LogP contribution in [0, 0.1) is 6.92 Å². The lowest BCUT2D eigenvalue weighted by Gasteiger charge is -2.10. The van der Waals surface area contributed by atoms with Gasteiger partial charge in [0.1, 0.15) is 5.75 Å². The summed E-state index contributed by atoms with van der Waals surface area (Å²) in [7, 11) is 1.64. The molecule has 0 aliphatic heterocycles. The average molecular weight is 200 g/mol. The summed E-state index contributed by atoms with van der Waals surface area (Å²) in [5.41, 5.74) is 7.77. The Bertz CT molecular complexity index is 299. The third-order valence-electron chi connectivity index (χ3n) is 2.07. The minimum absolute atomic E-state index is 0.629. The van der Waals surface area contributed by atoms with E-state index in [0.717, 1.165) is 23.3 Å². The summed E-state index contributed by atoms with van der Waals surface area (Å²) in [6.07, 6.45) is 0.836. The van der Waals surface area contributed by atoms with Crippen LogP contribution in [-0.4, -0.2) is 13.7 Å². The first-order valence-corrected chi connectivity index (χ1v) is 4.60. The molecule has 0 heterocycles. The molecule has 2 nitrogen and oxygen atoms in total. The van der Waals surface area contributed by atoms with Crippen molar-refractivity contribution in [3.63, 3.8) is 0 Å². The SMILES string of the molecule is COc1cc(Cl)cc(CCN)c1C. The monoisotopic (exact) mass is 199 g/mol. The van der Waals surface area contributed by atoms with Crippen LogP contribution in [0.1, 0.15) is 11.1 Å². The van der Waals surface area contributed by atoms with Gasteiger partial charge < -0.3 is 10.5 Å². The van der Waals surface area contributed by atoms with E-state index in [1.165, 1.54) is 0 Å². The lowest BCUT2D eigenvalue weighted by Crippen LogP contribution is -2.04. The molecule has 1 rings (SSSR count). The van der Waals surface area contributed by atoms with Crippen LogP contribution >= 0.6 is 11.6 Å². The van der Waals surface area contributed by atoms with Crippen molar-refractivity contribution in [3.05, 3.63) is 28.3 Å². The van der Waals surface area contributed by atoms with Crippen molar-refractivity contribution in [3.8, 4) is 5.75 Å². The number of nitrogens with two attached hydrogens (primary N) is 1. The summed E-state index contributed by atoms with van der Waals surface area (Å²) in [4.78, 5) is 0. The molecule has 0 spiro atoms. The van der Waals surface area contributed by atoms with Crippen LogP contribution in [0.15, 0.2) is 12.1 Å². The number of hydrogen-bond donors (Lipinski definition) is 1. The van der Waals surface area contributed by atoms with E-state index in [1.54, 1.807) is 7.11 Å². The van der Waals surface area contributed by atoms with Crippen LogP contribution in [0.2, 0.25) is 5.02 Å². The van der Waals surface area contributed by atoms with Crippen LogP contribution in [0.25, 0.3) is 0 Å². The van der Waals surface area contributed by atoms with Gasteiger partial charge in [-0.25, -0.2) is 0 Å². The van der Waals surface area contributed by atoms with E-state index in [-0.39, 0.29) is 0 Å². The van der Waals surface area contributed by atoms with Crippen molar-refractivity contribution < 1.29 is 4.74 Å². The molecule has 2 N–H and O–H groups in total. The molecule has 0 saturated carbocycles. The molecule has 1 aromatic rings. The molecule has 0 radical (unpaired) electrons. The predicted molar refractivity (Wildman–Crippen MR) is 55.5 cm³/mol. The second-order valence-corrected chi connectivity index (χ2v) is 3.37. The van der Waals surface area contributed by atoms with E-state index in [0.29, 0.717) is 11.6 Å². The molecule has 0 amide bonds. The molecule has 0 aromatic heterocycles. The van der Waals surface area contributed by atoms with Crippen LogP contribution in [0.3, 0.4) is 0 Å². The van der Waals surface area contributed by atoms with Crippen molar-refractivity contribution in [1.82, 2.24) is 0 Å². The molecule has 0 saturated heterocycles. The minimum atomic E-state index is 0.629. The third-order valence-corrected chi connectivity index (χ3v) is 2.28. The lowest BCUT2D eigenvalue weighted by molar-refractivity contribution is 0.411. The molecule has 0 aliphatic rings. The number of ether oxygens (including phenoxy) is 1. The molecule has 0 bridgehead atoms. The second kappa shape index (κ2) is 4.49. The van der Waals surface area contributed by atoms with Crippen molar-refractivity contribution in [2.75, 3.05) is 13.7 Å². The van der Waals surface area contributed by atoms with Gasteiger partial charge in [0.15, 0.2) is 0 Å². The summed E-state index contributed by atoms with van der Waals surface area (Å²) >= 11 is 5.92. The Morgan fingerprint density at radius 1 is 1.46 bits per heavy atom. The number of hydrogen-bond acceptors (Lipinski definition) is 2. The van der Waals surface area contributed by atoms with Gasteiger partial charge in [-0.1, -0.05) is 11.6 Å². The van der Waals surface area contributed by atoms with Gasteiger partial charge in [-0.3, -0.25) is 0 Å². The largest absolute Gasteiger partial charge is 0.496 e. The molecular weight excluding hydrogens is 186 g/mol. The van der Waals surface area contributed by atoms with Gasteiger partial charge in [-0.2, -0.15) is 0 Å². The molecule has 0 aliphatic carbocycles. The normalized spacial score (nSPS) is 10.2. The Hall–Kier alpha value is -0.730. The number of halogens is 1. The van der Waals surface area contributed by atoms with E-state index >= 15 is 0 Å². The van der Waals surface area contributed by atoms with Crippen molar-refractivity contribution in [2.45, 2.75) is 13.3 Å². The molecule has 0 fully saturated rings. The maximum Gasteiger partial charge on any atom is 0.123 e. The van der Waals surface area contributed by atoms with E-state index in [1.807, 2.05) is 19.1 Å². The summed E-state index contributed by atoms with van der Waals surface area (Å²) < 4.78 is 5.19. The zero-order valence-electron chi connectivity index (χ0n) is 7.93. The molecule has 0 atom stereocenters. The van der Waals surface area contributed by atoms with E-state index in [2.05, 4.69) is 0 Å². The smallest absolute Gasteiger partial charge is 0.123 e. The highest BCUT2D eigenvalue weighted by Crippen LogP contribution is 2.26. The van der Waals surface area contributed by atoms with Gasteiger partial charge in [0, 0.05) is 5.02 Å². The number of benzene rings is 1. The zero-order chi connectivity index (χ0) is 9.84. The highest BCUT2D eigenvalue weighted by atomic mass is 35.5. The standard InChI is InChI=1S/C10H14ClNO/c1-7-8(3-4-12)5-9(11)6-10(7)13-2/h5-6H,3-4,12H2,1-2H3. The van der Waals surface area contributed by atoms with Gasteiger partial charge in [0.25, 0.3) is 0 Å². The van der Waals surface area contributed by atoms with Crippen LogP contribution in [0.4, 0.5) is 0 Å². The van der Waals surface area contributed by atoms with Crippen LogP contribution < -0.4 is 10.5 Å². The van der Waals surface area contributed by atoms with Crippen molar-refractivity contribution >= 4 is 11.6 Å².